The van der Waals surface area contributed by atoms with Gasteiger partial charge in [0.1, 0.15) is 0 Å². The molecule has 1 heteroatoms. The third kappa shape index (κ3) is 2.10. The number of aliphatic hydroxyl groups is 1. The molecule has 1 saturated carbocycles. The summed E-state index contributed by atoms with van der Waals surface area (Å²) in [5.74, 6) is 1.35. The molecule has 0 saturated heterocycles. The highest BCUT2D eigenvalue weighted by Crippen LogP contribution is 2.45. The van der Waals surface area contributed by atoms with E-state index in [0.717, 1.165) is 18.8 Å². The third-order valence-electron chi connectivity index (χ3n) is 5.26. The summed E-state index contributed by atoms with van der Waals surface area (Å²) in [6.45, 7) is 2.23. The van der Waals surface area contributed by atoms with Crippen LogP contribution >= 0.6 is 0 Å². The first kappa shape index (κ1) is 11.5. The van der Waals surface area contributed by atoms with Crippen LogP contribution in [0.4, 0.5) is 0 Å². The highest BCUT2D eigenvalue weighted by atomic mass is 16.3. The van der Waals surface area contributed by atoms with Gasteiger partial charge in [-0.1, -0.05) is 30.6 Å². The molecule has 3 atom stereocenters. The van der Waals surface area contributed by atoms with Gasteiger partial charge in [0.25, 0.3) is 0 Å². The average molecular weight is 232 g/mol. The maximum Gasteiger partial charge on any atom is 0.0710 e. The van der Waals surface area contributed by atoms with E-state index in [9.17, 15) is 5.11 Å². The molecule has 3 aliphatic rings. The minimum atomic E-state index is -0.375. The Hall–Kier alpha value is -0.560. The van der Waals surface area contributed by atoms with Crippen molar-refractivity contribution in [1.29, 1.82) is 0 Å². The van der Waals surface area contributed by atoms with Gasteiger partial charge in [-0.2, -0.15) is 0 Å². The van der Waals surface area contributed by atoms with Crippen LogP contribution in [-0.4, -0.2) is 10.7 Å². The van der Waals surface area contributed by atoms with Crippen molar-refractivity contribution < 1.29 is 5.11 Å². The van der Waals surface area contributed by atoms with Crippen LogP contribution in [0.25, 0.3) is 0 Å². The third-order valence-corrected chi connectivity index (χ3v) is 5.26. The van der Waals surface area contributed by atoms with E-state index >= 15 is 0 Å². The van der Waals surface area contributed by atoms with Crippen molar-refractivity contribution in [2.24, 2.45) is 11.8 Å². The smallest absolute Gasteiger partial charge is 0.0710 e. The Morgan fingerprint density at radius 1 is 1.29 bits per heavy atom. The van der Waals surface area contributed by atoms with Gasteiger partial charge in [-0.25, -0.2) is 0 Å². The summed E-state index contributed by atoms with van der Waals surface area (Å²) >= 11 is 0. The normalized spacial score (nSPS) is 44.8. The van der Waals surface area contributed by atoms with Gasteiger partial charge in [0.15, 0.2) is 0 Å². The minimum absolute atomic E-state index is 0.375. The fourth-order valence-electron chi connectivity index (χ4n) is 4.06. The number of fused-ring (bicyclic) bond motifs is 3. The summed E-state index contributed by atoms with van der Waals surface area (Å²) < 4.78 is 0. The number of allylic oxidation sites excluding steroid dienone is 3. The van der Waals surface area contributed by atoms with E-state index in [4.69, 9.17) is 0 Å². The summed E-state index contributed by atoms with van der Waals surface area (Å²) in [4.78, 5) is 0. The fourth-order valence-corrected chi connectivity index (χ4v) is 4.06. The summed E-state index contributed by atoms with van der Waals surface area (Å²) in [5.41, 5.74) is 2.59. The second-order valence-electron chi connectivity index (χ2n) is 6.41. The lowest BCUT2D eigenvalue weighted by atomic mass is 9.66. The van der Waals surface area contributed by atoms with E-state index in [1.165, 1.54) is 49.7 Å². The second kappa shape index (κ2) is 4.28. The Morgan fingerprint density at radius 3 is 3.06 bits per heavy atom. The van der Waals surface area contributed by atoms with Crippen LogP contribution in [0.1, 0.15) is 58.3 Å². The van der Waals surface area contributed by atoms with Crippen LogP contribution in [0, 0.1) is 11.8 Å². The Bertz CT molecular complexity index is 366. The lowest BCUT2D eigenvalue weighted by Crippen LogP contribution is -2.42. The van der Waals surface area contributed by atoms with Crippen LogP contribution in [0.3, 0.4) is 0 Å². The van der Waals surface area contributed by atoms with Crippen LogP contribution in [0.5, 0.6) is 0 Å². The van der Waals surface area contributed by atoms with E-state index < -0.39 is 0 Å². The first-order valence-electron chi connectivity index (χ1n) is 7.26. The molecular weight excluding hydrogens is 208 g/mol. The zero-order valence-corrected chi connectivity index (χ0v) is 10.9. The van der Waals surface area contributed by atoms with Crippen molar-refractivity contribution in [3.63, 3.8) is 0 Å². The zero-order chi connectivity index (χ0) is 11.9. The van der Waals surface area contributed by atoms with Crippen molar-refractivity contribution in [2.45, 2.75) is 63.9 Å². The van der Waals surface area contributed by atoms with Gasteiger partial charge in [-0.15, -0.1) is 0 Å². The molecular formula is C16H24O. The fraction of sp³-hybridized carbons (Fsp3) is 0.750. The summed E-state index contributed by atoms with van der Waals surface area (Å²) in [7, 11) is 0. The topological polar surface area (TPSA) is 20.2 Å². The predicted molar refractivity (Wildman–Crippen MR) is 70.7 cm³/mol. The molecule has 0 unspecified atom stereocenters. The molecule has 94 valence electrons. The first-order chi connectivity index (χ1) is 8.17. The van der Waals surface area contributed by atoms with Crippen molar-refractivity contribution in [1.82, 2.24) is 0 Å². The van der Waals surface area contributed by atoms with E-state index in [1.54, 1.807) is 0 Å². The van der Waals surface area contributed by atoms with Crippen LogP contribution in [-0.2, 0) is 0 Å². The van der Waals surface area contributed by atoms with Gasteiger partial charge in [-0.3, -0.25) is 0 Å². The maximum absolute atomic E-state index is 10.9. The number of hydrogen-bond donors (Lipinski definition) is 1. The van der Waals surface area contributed by atoms with Gasteiger partial charge in [-0.05, 0) is 62.9 Å². The van der Waals surface area contributed by atoms with E-state index in [2.05, 4.69) is 19.1 Å². The molecule has 1 nitrogen and oxygen atoms in total. The molecule has 0 spiro atoms. The van der Waals surface area contributed by atoms with Gasteiger partial charge < -0.3 is 5.11 Å². The molecule has 0 radical (unpaired) electrons. The van der Waals surface area contributed by atoms with Crippen molar-refractivity contribution in [3.05, 3.63) is 23.3 Å². The molecule has 3 aliphatic carbocycles. The van der Waals surface area contributed by atoms with E-state index in [1.807, 2.05) is 0 Å². The first-order valence-corrected chi connectivity index (χ1v) is 7.26. The maximum atomic E-state index is 10.9. The molecule has 0 heterocycles. The molecule has 0 aromatic heterocycles. The van der Waals surface area contributed by atoms with Crippen molar-refractivity contribution in [3.8, 4) is 0 Å². The zero-order valence-electron chi connectivity index (χ0n) is 10.9. The van der Waals surface area contributed by atoms with Gasteiger partial charge >= 0.3 is 0 Å². The molecule has 0 aliphatic heterocycles. The van der Waals surface area contributed by atoms with E-state index in [-0.39, 0.29) is 5.60 Å². The Balaban J connectivity index is 1.90. The second-order valence-corrected chi connectivity index (χ2v) is 6.41. The molecule has 0 aromatic carbocycles. The highest BCUT2D eigenvalue weighted by molar-refractivity contribution is 5.33. The van der Waals surface area contributed by atoms with Crippen molar-refractivity contribution in [2.75, 3.05) is 0 Å². The average Bonchev–Trinajstić information content (AvgIpc) is 2.31. The van der Waals surface area contributed by atoms with Crippen LogP contribution in [0.15, 0.2) is 23.3 Å². The highest BCUT2D eigenvalue weighted by Gasteiger charge is 2.40. The largest absolute Gasteiger partial charge is 0.389 e. The number of hydrogen-bond acceptors (Lipinski definition) is 1. The molecule has 3 rings (SSSR count). The molecule has 1 N–H and O–H groups in total. The molecule has 17 heavy (non-hydrogen) atoms. The van der Waals surface area contributed by atoms with Crippen molar-refractivity contribution >= 4 is 0 Å². The van der Waals surface area contributed by atoms with Crippen LogP contribution < -0.4 is 0 Å². The Labute approximate surface area is 105 Å². The summed E-state index contributed by atoms with van der Waals surface area (Å²) in [6.07, 6.45) is 14.2. The summed E-state index contributed by atoms with van der Waals surface area (Å²) in [6, 6.07) is 0. The lowest BCUT2D eigenvalue weighted by Gasteiger charge is -2.43. The van der Waals surface area contributed by atoms with Crippen LogP contribution in [0.2, 0.25) is 0 Å². The minimum Gasteiger partial charge on any atom is -0.389 e. The molecule has 0 aromatic rings. The quantitative estimate of drug-likeness (QED) is 0.669. The molecule has 0 amide bonds. The Kier molecular flexibility index (Phi) is 2.90. The van der Waals surface area contributed by atoms with Gasteiger partial charge in [0.2, 0.25) is 0 Å². The predicted octanol–water partition coefficient (Wildman–Crippen LogP) is 3.98. The summed E-state index contributed by atoms with van der Waals surface area (Å²) in [5, 5.41) is 10.9. The van der Waals surface area contributed by atoms with Gasteiger partial charge in [0.05, 0.1) is 5.60 Å². The van der Waals surface area contributed by atoms with E-state index in [0.29, 0.717) is 5.92 Å². The van der Waals surface area contributed by atoms with Gasteiger partial charge in [0, 0.05) is 0 Å². The monoisotopic (exact) mass is 232 g/mol. The molecule has 2 bridgehead atoms. The number of rotatable bonds is 0. The standard InChI is InChI=1S/C16H24O/c1-12-5-6-13-10-14(12)7-9-16(17)8-3-2-4-15(16)11-13/h5,7,13,15,17H,2-4,6,8-11H2,1H3/b14-7+/t13-,15-,16+/m0/s1. The lowest BCUT2D eigenvalue weighted by molar-refractivity contribution is -0.0561. The molecule has 1 fully saturated rings. The SMILES string of the molecule is CC1=CC[C@H]2C/C1=C\C[C@]1(O)CCCC[C@H]1C2. The Morgan fingerprint density at radius 2 is 2.18 bits per heavy atom.